The van der Waals surface area contributed by atoms with Crippen molar-refractivity contribution in [3.8, 4) is 16.9 Å². The molecule has 0 saturated carbocycles. The molecule has 0 aromatic heterocycles. The van der Waals surface area contributed by atoms with E-state index in [1.54, 1.807) is 0 Å². The number of carbonyl (C=O) groups is 2. The first-order valence-corrected chi connectivity index (χ1v) is 15.3. The molecule has 1 spiro atoms. The first-order valence-electron chi connectivity index (χ1n) is 15.3. The standard InChI is InChI=1S/C35H39N3O3/c1-3-15-36-18-13-35(14-19-36)23-41-32-21-27-12-17-38(31(27)22-30(32)35)34(40)26-8-6-25(7-9-26)29-11-10-28(20-24(29)2)37-16-4-5-33(37)39/h6-11,20-22H,3-5,12-19,23H2,1-2H3. The van der Waals surface area contributed by atoms with E-state index in [1.807, 2.05) is 40.1 Å². The molecule has 0 aliphatic carbocycles. The third-order valence-electron chi connectivity index (χ3n) is 9.79. The summed E-state index contributed by atoms with van der Waals surface area (Å²) in [5, 5.41) is 0. The van der Waals surface area contributed by atoms with Gasteiger partial charge in [-0.1, -0.05) is 25.1 Å². The van der Waals surface area contributed by atoms with Crippen LogP contribution in [0.1, 0.15) is 66.1 Å². The molecule has 6 nitrogen and oxygen atoms in total. The monoisotopic (exact) mass is 549 g/mol. The van der Waals surface area contributed by atoms with Gasteiger partial charge in [-0.15, -0.1) is 0 Å². The Bertz CT molecular complexity index is 1500. The topological polar surface area (TPSA) is 53.1 Å². The van der Waals surface area contributed by atoms with Crippen LogP contribution in [0.3, 0.4) is 0 Å². The molecule has 0 N–H and O–H groups in total. The predicted octanol–water partition coefficient (Wildman–Crippen LogP) is 6.13. The largest absolute Gasteiger partial charge is 0.492 e. The number of hydrogen-bond acceptors (Lipinski definition) is 4. The van der Waals surface area contributed by atoms with Crippen LogP contribution in [0.2, 0.25) is 0 Å². The van der Waals surface area contributed by atoms with Crippen LogP contribution in [0.4, 0.5) is 11.4 Å². The van der Waals surface area contributed by atoms with Crippen LogP contribution >= 0.6 is 0 Å². The molecule has 0 bridgehead atoms. The summed E-state index contributed by atoms with van der Waals surface area (Å²) in [5.74, 6) is 1.29. The van der Waals surface area contributed by atoms with Crippen LogP contribution in [0.5, 0.6) is 5.75 Å². The minimum Gasteiger partial charge on any atom is -0.492 e. The van der Waals surface area contributed by atoms with Crippen molar-refractivity contribution in [2.45, 2.75) is 57.8 Å². The number of likely N-dealkylation sites (tertiary alicyclic amines) is 1. The number of hydrogen-bond donors (Lipinski definition) is 0. The van der Waals surface area contributed by atoms with E-state index < -0.39 is 0 Å². The van der Waals surface area contributed by atoms with E-state index in [0.717, 1.165) is 85.7 Å². The van der Waals surface area contributed by atoms with Gasteiger partial charge in [0.2, 0.25) is 5.91 Å². The second kappa shape index (κ2) is 10.3. The lowest BCUT2D eigenvalue weighted by Gasteiger charge is -2.38. The van der Waals surface area contributed by atoms with E-state index in [1.165, 1.54) is 24.1 Å². The number of benzene rings is 3. The Morgan fingerprint density at radius 1 is 0.951 bits per heavy atom. The van der Waals surface area contributed by atoms with Crippen LogP contribution in [-0.4, -0.2) is 56.0 Å². The number of fused-ring (bicyclic) bond motifs is 3. The summed E-state index contributed by atoms with van der Waals surface area (Å²) in [6.45, 7) is 9.98. The third kappa shape index (κ3) is 4.53. The maximum atomic E-state index is 13.8. The van der Waals surface area contributed by atoms with E-state index in [9.17, 15) is 9.59 Å². The fourth-order valence-electron chi connectivity index (χ4n) is 7.40. The van der Waals surface area contributed by atoms with Crippen molar-refractivity contribution in [1.29, 1.82) is 0 Å². The van der Waals surface area contributed by atoms with Crippen molar-refractivity contribution in [3.05, 3.63) is 76.9 Å². The minimum absolute atomic E-state index is 0.0561. The normalized spacial score (nSPS) is 19.5. The maximum absolute atomic E-state index is 13.8. The number of carbonyl (C=O) groups excluding carboxylic acids is 2. The summed E-state index contributed by atoms with van der Waals surface area (Å²) in [6, 6.07) is 18.7. The lowest BCUT2D eigenvalue weighted by Crippen LogP contribution is -2.43. The SMILES string of the molecule is CCCN1CCC2(CC1)COc1cc3c(cc12)N(C(=O)c1ccc(-c2ccc(N4CCCC4=O)cc2C)cc1)CC3. The Balaban J connectivity index is 1.10. The Morgan fingerprint density at radius 3 is 2.46 bits per heavy atom. The fourth-order valence-corrected chi connectivity index (χ4v) is 7.40. The number of piperidine rings is 1. The quantitative estimate of drug-likeness (QED) is 0.384. The number of aryl methyl sites for hydroxylation is 1. The molecule has 2 saturated heterocycles. The molecule has 2 amide bonds. The van der Waals surface area contributed by atoms with Crippen molar-refractivity contribution in [1.82, 2.24) is 4.90 Å². The predicted molar refractivity (Wildman–Crippen MR) is 163 cm³/mol. The molecular formula is C35H39N3O3. The smallest absolute Gasteiger partial charge is 0.258 e. The van der Waals surface area contributed by atoms with Gasteiger partial charge in [0.15, 0.2) is 0 Å². The van der Waals surface area contributed by atoms with Crippen LogP contribution in [0.15, 0.2) is 54.6 Å². The number of nitrogens with zero attached hydrogens (tertiary/aromatic N) is 3. The molecule has 0 atom stereocenters. The molecule has 3 aromatic carbocycles. The van der Waals surface area contributed by atoms with Crippen LogP contribution in [-0.2, 0) is 16.6 Å². The molecule has 212 valence electrons. The van der Waals surface area contributed by atoms with Crippen LogP contribution in [0.25, 0.3) is 11.1 Å². The van der Waals surface area contributed by atoms with E-state index >= 15 is 0 Å². The van der Waals surface area contributed by atoms with E-state index in [2.05, 4.69) is 43.0 Å². The summed E-state index contributed by atoms with van der Waals surface area (Å²) in [4.78, 5) is 32.4. The Morgan fingerprint density at radius 2 is 1.76 bits per heavy atom. The highest BCUT2D eigenvalue weighted by Crippen LogP contribution is 2.49. The van der Waals surface area contributed by atoms with Crippen molar-refractivity contribution in [2.75, 3.05) is 49.1 Å². The molecule has 4 heterocycles. The first-order chi connectivity index (χ1) is 20.0. The highest BCUT2D eigenvalue weighted by atomic mass is 16.5. The highest BCUT2D eigenvalue weighted by molar-refractivity contribution is 6.07. The molecule has 41 heavy (non-hydrogen) atoms. The maximum Gasteiger partial charge on any atom is 0.258 e. The first kappa shape index (κ1) is 26.3. The van der Waals surface area contributed by atoms with Gasteiger partial charge in [0.1, 0.15) is 5.75 Å². The Kier molecular flexibility index (Phi) is 6.61. The molecule has 6 heteroatoms. The molecule has 0 unspecified atom stereocenters. The van der Waals surface area contributed by atoms with Gasteiger partial charge in [0.05, 0.1) is 6.61 Å². The van der Waals surface area contributed by atoms with Crippen molar-refractivity contribution >= 4 is 23.2 Å². The molecule has 0 radical (unpaired) electrons. The highest BCUT2D eigenvalue weighted by Gasteiger charge is 2.44. The third-order valence-corrected chi connectivity index (χ3v) is 9.79. The van der Waals surface area contributed by atoms with Gasteiger partial charge >= 0.3 is 0 Å². The van der Waals surface area contributed by atoms with Gasteiger partial charge in [-0.2, -0.15) is 0 Å². The summed E-state index contributed by atoms with van der Waals surface area (Å²) in [5.41, 5.74) is 8.64. The van der Waals surface area contributed by atoms with E-state index in [4.69, 9.17) is 4.74 Å². The molecule has 2 fully saturated rings. The average Bonchev–Trinajstić information content (AvgIpc) is 3.70. The van der Waals surface area contributed by atoms with Gasteiger partial charge < -0.3 is 19.4 Å². The molecule has 3 aromatic rings. The van der Waals surface area contributed by atoms with Crippen LogP contribution < -0.4 is 14.5 Å². The zero-order valence-corrected chi connectivity index (χ0v) is 24.2. The van der Waals surface area contributed by atoms with Gasteiger partial charge in [0.25, 0.3) is 5.91 Å². The molecule has 7 rings (SSSR count). The number of rotatable bonds is 5. The molecular weight excluding hydrogens is 510 g/mol. The average molecular weight is 550 g/mol. The van der Waals surface area contributed by atoms with Gasteiger partial charge in [0, 0.05) is 47.4 Å². The molecule has 4 aliphatic heterocycles. The van der Waals surface area contributed by atoms with Crippen LogP contribution in [0, 0.1) is 6.92 Å². The van der Waals surface area contributed by atoms with E-state index in [0.29, 0.717) is 18.5 Å². The Labute approximate surface area is 242 Å². The summed E-state index contributed by atoms with van der Waals surface area (Å²) >= 11 is 0. The van der Waals surface area contributed by atoms with Crippen molar-refractivity contribution < 1.29 is 14.3 Å². The van der Waals surface area contributed by atoms with Gasteiger partial charge in [-0.05, 0) is 117 Å². The van der Waals surface area contributed by atoms with E-state index in [-0.39, 0.29) is 17.2 Å². The summed E-state index contributed by atoms with van der Waals surface area (Å²) in [6.07, 6.45) is 5.83. The number of anilines is 2. The van der Waals surface area contributed by atoms with Crippen molar-refractivity contribution in [2.24, 2.45) is 0 Å². The number of ether oxygens (including phenoxy) is 1. The lowest BCUT2D eigenvalue weighted by molar-refractivity contribution is -0.117. The second-order valence-electron chi connectivity index (χ2n) is 12.3. The Hall–Kier alpha value is -3.64. The minimum atomic E-state index is 0.0561. The fraction of sp³-hybridized carbons (Fsp3) is 0.429. The summed E-state index contributed by atoms with van der Waals surface area (Å²) < 4.78 is 6.26. The zero-order valence-electron chi connectivity index (χ0n) is 24.2. The zero-order chi connectivity index (χ0) is 28.1. The van der Waals surface area contributed by atoms with Crippen molar-refractivity contribution in [3.63, 3.8) is 0 Å². The van der Waals surface area contributed by atoms with Gasteiger partial charge in [-0.25, -0.2) is 0 Å². The van der Waals surface area contributed by atoms with Gasteiger partial charge in [-0.3, -0.25) is 9.59 Å². The lowest BCUT2D eigenvalue weighted by atomic mass is 9.74. The number of amides is 2. The summed E-state index contributed by atoms with van der Waals surface area (Å²) in [7, 11) is 0. The second-order valence-corrected chi connectivity index (χ2v) is 12.3. The molecule has 4 aliphatic rings.